The van der Waals surface area contributed by atoms with E-state index in [4.69, 9.17) is 14.2 Å². The van der Waals surface area contributed by atoms with Gasteiger partial charge in [0.1, 0.15) is 12.4 Å². The van der Waals surface area contributed by atoms with Crippen LogP contribution in [0, 0.1) is 6.92 Å². The summed E-state index contributed by atoms with van der Waals surface area (Å²) in [6.45, 7) is 4.59. The lowest BCUT2D eigenvalue weighted by atomic mass is 9.97. The summed E-state index contributed by atoms with van der Waals surface area (Å²) in [6.07, 6.45) is 3.44. The Morgan fingerprint density at radius 1 is 1.17 bits per heavy atom. The maximum absolute atomic E-state index is 13.2. The summed E-state index contributed by atoms with van der Waals surface area (Å²) in [5, 5.41) is 0. The van der Waals surface area contributed by atoms with Crippen LogP contribution in [0.25, 0.3) is 0 Å². The molecule has 2 aliphatic rings. The number of hydrogen-bond donors (Lipinski definition) is 0. The van der Waals surface area contributed by atoms with E-state index in [1.807, 2.05) is 34.9 Å². The number of piperidine rings is 1. The summed E-state index contributed by atoms with van der Waals surface area (Å²) in [6, 6.07) is 5.68. The SMILES string of the molecule is COCC(=O)N(C1CCOCC1)[C@H]1CCCN(C(=O)c2ccc(OC)cc2C)C1. The molecule has 29 heavy (non-hydrogen) atoms. The van der Waals surface area contributed by atoms with Gasteiger partial charge in [0.25, 0.3) is 5.91 Å². The molecule has 0 N–H and O–H groups in total. The third kappa shape index (κ3) is 5.08. The second kappa shape index (κ2) is 10.1. The van der Waals surface area contributed by atoms with Gasteiger partial charge < -0.3 is 24.0 Å². The number of hydrogen-bond acceptors (Lipinski definition) is 5. The summed E-state index contributed by atoms with van der Waals surface area (Å²) in [5.41, 5.74) is 1.58. The van der Waals surface area contributed by atoms with Crippen LogP contribution in [0.1, 0.15) is 41.6 Å². The lowest BCUT2D eigenvalue weighted by Gasteiger charge is -2.44. The first kappa shape index (κ1) is 21.6. The van der Waals surface area contributed by atoms with Crippen LogP contribution in [0.3, 0.4) is 0 Å². The molecular formula is C22H32N2O5. The number of amides is 2. The highest BCUT2D eigenvalue weighted by Crippen LogP contribution is 2.26. The Balaban J connectivity index is 1.76. The molecule has 7 nitrogen and oxygen atoms in total. The van der Waals surface area contributed by atoms with Gasteiger partial charge in [-0.05, 0) is 56.4 Å². The monoisotopic (exact) mass is 404 g/mol. The average Bonchev–Trinajstić information content (AvgIpc) is 2.74. The molecular weight excluding hydrogens is 372 g/mol. The Labute approximate surface area is 172 Å². The van der Waals surface area contributed by atoms with E-state index in [1.54, 1.807) is 14.2 Å². The first-order valence-corrected chi connectivity index (χ1v) is 10.4. The van der Waals surface area contributed by atoms with Crippen LogP contribution < -0.4 is 4.74 Å². The van der Waals surface area contributed by atoms with Crippen molar-refractivity contribution in [2.45, 2.75) is 44.7 Å². The van der Waals surface area contributed by atoms with Crippen molar-refractivity contribution >= 4 is 11.8 Å². The predicted molar refractivity (Wildman–Crippen MR) is 109 cm³/mol. The second-order valence-corrected chi connectivity index (χ2v) is 7.81. The molecule has 0 spiro atoms. The zero-order valence-corrected chi connectivity index (χ0v) is 17.7. The Bertz CT molecular complexity index is 717. The van der Waals surface area contributed by atoms with Crippen molar-refractivity contribution in [2.24, 2.45) is 0 Å². The van der Waals surface area contributed by atoms with Gasteiger partial charge in [-0.15, -0.1) is 0 Å². The molecule has 160 valence electrons. The summed E-state index contributed by atoms with van der Waals surface area (Å²) in [4.78, 5) is 29.9. The second-order valence-electron chi connectivity index (χ2n) is 7.81. The highest BCUT2D eigenvalue weighted by atomic mass is 16.5. The van der Waals surface area contributed by atoms with Gasteiger partial charge in [-0.25, -0.2) is 0 Å². The molecule has 7 heteroatoms. The molecule has 2 heterocycles. The van der Waals surface area contributed by atoms with E-state index in [2.05, 4.69) is 0 Å². The number of nitrogens with zero attached hydrogens (tertiary/aromatic N) is 2. The topological polar surface area (TPSA) is 68.3 Å². The summed E-state index contributed by atoms with van der Waals surface area (Å²) < 4.78 is 15.9. The minimum atomic E-state index is -0.000623. The van der Waals surface area contributed by atoms with Crippen molar-refractivity contribution in [1.29, 1.82) is 0 Å². The molecule has 0 aliphatic carbocycles. The van der Waals surface area contributed by atoms with E-state index in [-0.39, 0.29) is 30.5 Å². The van der Waals surface area contributed by atoms with Crippen molar-refractivity contribution in [1.82, 2.24) is 9.80 Å². The largest absolute Gasteiger partial charge is 0.497 e. The molecule has 2 saturated heterocycles. The molecule has 1 atom stereocenters. The van der Waals surface area contributed by atoms with Gasteiger partial charge in [0.2, 0.25) is 5.91 Å². The van der Waals surface area contributed by atoms with E-state index in [9.17, 15) is 9.59 Å². The minimum Gasteiger partial charge on any atom is -0.497 e. The first-order valence-electron chi connectivity index (χ1n) is 10.4. The third-order valence-electron chi connectivity index (χ3n) is 5.88. The van der Waals surface area contributed by atoms with Crippen LogP contribution >= 0.6 is 0 Å². The first-order chi connectivity index (χ1) is 14.0. The van der Waals surface area contributed by atoms with Gasteiger partial charge in [0.15, 0.2) is 0 Å². The highest BCUT2D eigenvalue weighted by Gasteiger charge is 2.35. The lowest BCUT2D eigenvalue weighted by molar-refractivity contribution is -0.143. The fourth-order valence-electron chi connectivity index (χ4n) is 4.41. The molecule has 0 radical (unpaired) electrons. The Morgan fingerprint density at radius 2 is 1.93 bits per heavy atom. The molecule has 1 aromatic carbocycles. The zero-order chi connectivity index (χ0) is 20.8. The Kier molecular flexibility index (Phi) is 7.50. The number of carbonyl (C=O) groups is 2. The smallest absolute Gasteiger partial charge is 0.254 e. The molecule has 1 aromatic rings. The summed E-state index contributed by atoms with van der Waals surface area (Å²) in [7, 11) is 3.16. The van der Waals surface area contributed by atoms with Crippen LogP contribution in [-0.4, -0.2) is 80.8 Å². The average molecular weight is 405 g/mol. The number of methoxy groups -OCH3 is 2. The van der Waals surface area contributed by atoms with E-state index in [0.29, 0.717) is 31.9 Å². The summed E-state index contributed by atoms with van der Waals surface area (Å²) >= 11 is 0. The van der Waals surface area contributed by atoms with E-state index >= 15 is 0 Å². The quantitative estimate of drug-likeness (QED) is 0.728. The molecule has 0 unspecified atom stereocenters. The number of aryl methyl sites for hydroxylation is 1. The highest BCUT2D eigenvalue weighted by molar-refractivity contribution is 5.96. The van der Waals surface area contributed by atoms with Gasteiger partial charge >= 0.3 is 0 Å². The van der Waals surface area contributed by atoms with Crippen LogP contribution in [-0.2, 0) is 14.3 Å². The van der Waals surface area contributed by atoms with Crippen LogP contribution in [0.5, 0.6) is 5.75 Å². The fourth-order valence-corrected chi connectivity index (χ4v) is 4.41. The maximum Gasteiger partial charge on any atom is 0.254 e. The zero-order valence-electron chi connectivity index (χ0n) is 17.7. The molecule has 0 saturated carbocycles. The Hall–Kier alpha value is -2.12. The number of carbonyl (C=O) groups excluding carboxylic acids is 2. The number of benzene rings is 1. The normalized spacial score (nSPS) is 20.4. The van der Waals surface area contributed by atoms with Crippen molar-refractivity contribution in [3.8, 4) is 5.75 Å². The van der Waals surface area contributed by atoms with Crippen molar-refractivity contribution in [3.05, 3.63) is 29.3 Å². The summed E-state index contributed by atoms with van der Waals surface area (Å²) in [5.74, 6) is 0.756. The molecule has 3 rings (SSSR count). The number of likely N-dealkylation sites (tertiary alicyclic amines) is 1. The van der Waals surface area contributed by atoms with Crippen molar-refractivity contribution in [3.63, 3.8) is 0 Å². The Morgan fingerprint density at radius 3 is 2.59 bits per heavy atom. The number of ether oxygens (including phenoxy) is 3. The van der Waals surface area contributed by atoms with Gasteiger partial charge in [-0.2, -0.15) is 0 Å². The van der Waals surface area contributed by atoms with Crippen LogP contribution in [0.2, 0.25) is 0 Å². The van der Waals surface area contributed by atoms with E-state index < -0.39 is 0 Å². The lowest BCUT2D eigenvalue weighted by Crippen LogP contribution is -2.56. The van der Waals surface area contributed by atoms with Gasteiger partial charge in [-0.1, -0.05) is 0 Å². The molecule has 2 amide bonds. The van der Waals surface area contributed by atoms with Crippen LogP contribution in [0.4, 0.5) is 0 Å². The van der Waals surface area contributed by atoms with Gasteiger partial charge in [-0.3, -0.25) is 9.59 Å². The third-order valence-corrected chi connectivity index (χ3v) is 5.88. The molecule has 2 fully saturated rings. The van der Waals surface area contributed by atoms with E-state index in [1.165, 1.54) is 0 Å². The molecule has 2 aliphatic heterocycles. The molecule has 0 bridgehead atoms. The van der Waals surface area contributed by atoms with Gasteiger partial charge in [0.05, 0.1) is 7.11 Å². The minimum absolute atomic E-state index is 0.000623. The molecule has 0 aromatic heterocycles. The van der Waals surface area contributed by atoms with Gasteiger partial charge in [0, 0.05) is 51.1 Å². The van der Waals surface area contributed by atoms with Crippen LogP contribution in [0.15, 0.2) is 18.2 Å². The fraction of sp³-hybridized carbons (Fsp3) is 0.636. The van der Waals surface area contributed by atoms with Crippen molar-refractivity contribution in [2.75, 3.05) is 47.1 Å². The maximum atomic E-state index is 13.2. The van der Waals surface area contributed by atoms with Crippen molar-refractivity contribution < 1.29 is 23.8 Å². The predicted octanol–water partition coefficient (Wildman–Crippen LogP) is 2.26. The standard InChI is InChI=1S/C22H32N2O5/c1-16-13-19(28-3)6-7-20(16)22(26)23-10-4-5-18(14-23)24(21(25)15-27-2)17-8-11-29-12-9-17/h6-7,13,17-18H,4-5,8-12,14-15H2,1-3H3/t18-/m0/s1. The number of rotatable bonds is 6. The van der Waals surface area contributed by atoms with E-state index in [0.717, 1.165) is 37.0 Å².